The lowest BCUT2D eigenvalue weighted by atomic mass is 10.1. The topological polar surface area (TPSA) is 56.9 Å². The number of allylic oxidation sites excluding steroid dienone is 1. The third-order valence-electron chi connectivity index (χ3n) is 2.95. The third-order valence-corrected chi connectivity index (χ3v) is 4.24. The predicted molar refractivity (Wildman–Crippen MR) is 86.1 cm³/mol. The zero-order valence-corrected chi connectivity index (χ0v) is 12.3. The van der Waals surface area contributed by atoms with E-state index in [4.69, 9.17) is 11.6 Å². The molecule has 0 aliphatic heterocycles. The summed E-state index contributed by atoms with van der Waals surface area (Å²) < 4.78 is 0.971. The largest absolute Gasteiger partial charge is 0.506 e. The van der Waals surface area contributed by atoms with E-state index < -0.39 is 0 Å². The number of aromatic nitrogens is 1. The van der Waals surface area contributed by atoms with Gasteiger partial charge in [-0.2, -0.15) is 5.26 Å². The summed E-state index contributed by atoms with van der Waals surface area (Å²) in [4.78, 5) is 4.40. The maximum atomic E-state index is 10.3. The lowest BCUT2D eigenvalue weighted by Crippen LogP contribution is -1.89. The predicted octanol–water partition coefficient (Wildman–Crippen LogP) is 4.90. The molecule has 102 valence electrons. The van der Waals surface area contributed by atoms with Crippen LogP contribution >= 0.6 is 22.9 Å². The van der Waals surface area contributed by atoms with Crippen molar-refractivity contribution in [2.24, 2.45) is 0 Å². The van der Waals surface area contributed by atoms with E-state index in [1.165, 1.54) is 11.3 Å². The minimum Gasteiger partial charge on any atom is -0.506 e. The van der Waals surface area contributed by atoms with Crippen LogP contribution in [0.2, 0.25) is 5.02 Å². The maximum Gasteiger partial charge on any atom is 0.143 e. The molecular weight excluding hydrogens is 304 g/mol. The number of fused-ring (bicyclic) bond motifs is 1. The van der Waals surface area contributed by atoms with Crippen LogP contribution in [-0.4, -0.2) is 10.1 Å². The monoisotopic (exact) mass is 312 g/mol. The number of para-hydroxylation sites is 1. The van der Waals surface area contributed by atoms with Crippen LogP contribution in [-0.2, 0) is 0 Å². The van der Waals surface area contributed by atoms with Gasteiger partial charge in [-0.1, -0.05) is 35.9 Å². The third kappa shape index (κ3) is 2.62. The Balaban J connectivity index is 2.17. The summed E-state index contributed by atoms with van der Waals surface area (Å²) in [7, 11) is 0. The van der Waals surface area contributed by atoms with Gasteiger partial charge < -0.3 is 5.11 Å². The number of thiazole rings is 1. The van der Waals surface area contributed by atoms with E-state index >= 15 is 0 Å². The van der Waals surface area contributed by atoms with Crippen molar-refractivity contribution in [1.82, 2.24) is 4.98 Å². The molecule has 0 radical (unpaired) electrons. The normalized spacial score (nSPS) is 12.0. The van der Waals surface area contributed by atoms with Crippen molar-refractivity contribution in [3.05, 3.63) is 64.1 Å². The van der Waals surface area contributed by atoms with Gasteiger partial charge in [-0.25, -0.2) is 4.98 Å². The highest BCUT2D eigenvalue weighted by Gasteiger charge is 2.15. The molecule has 0 unspecified atom stereocenters. The Morgan fingerprint density at radius 3 is 2.71 bits per heavy atom. The molecule has 0 aliphatic carbocycles. The molecule has 3 rings (SSSR count). The molecule has 0 spiro atoms. The van der Waals surface area contributed by atoms with Crippen molar-refractivity contribution < 1.29 is 5.11 Å². The van der Waals surface area contributed by atoms with Gasteiger partial charge >= 0.3 is 0 Å². The first-order valence-electron chi connectivity index (χ1n) is 6.14. The van der Waals surface area contributed by atoms with Gasteiger partial charge in [0.25, 0.3) is 0 Å². The Bertz CT molecular complexity index is 859. The molecular formula is C16H9ClN2OS. The molecule has 3 aromatic rings. The maximum absolute atomic E-state index is 10.3. The first-order valence-corrected chi connectivity index (χ1v) is 7.33. The van der Waals surface area contributed by atoms with Gasteiger partial charge in [-0.15, -0.1) is 11.3 Å². The average Bonchev–Trinajstić information content (AvgIpc) is 2.91. The van der Waals surface area contributed by atoms with Gasteiger partial charge in [0.2, 0.25) is 0 Å². The Kier molecular flexibility index (Phi) is 3.61. The molecule has 1 heterocycles. The number of nitrogens with zero attached hydrogens (tertiary/aromatic N) is 2. The van der Waals surface area contributed by atoms with Crippen LogP contribution in [0.5, 0.6) is 0 Å². The number of nitriles is 1. The van der Waals surface area contributed by atoms with E-state index in [1.54, 1.807) is 24.3 Å². The number of benzene rings is 2. The summed E-state index contributed by atoms with van der Waals surface area (Å²) in [5.74, 6) is -0.112. The van der Waals surface area contributed by atoms with Crippen LogP contribution in [0, 0.1) is 11.3 Å². The minimum absolute atomic E-state index is 0.112. The van der Waals surface area contributed by atoms with Gasteiger partial charge in [-0.3, -0.25) is 0 Å². The molecule has 3 nitrogen and oxygen atoms in total. The smallest absolute Gasteiger partial charge is 0.143 e. The fourth-order valence-electron chi connectivity index (χ4n) is 1.96. The Labute approximate surface area is 130 Å². The number of aliphatic hydroxyl groups is 1. The first-order chi connectivity index (χ1) is 10.2. The molecule has 1 N–H and O–H groups in total. The Hall–Kier alpha value is -2.35. The van der Waals surface area contributed by atoms with E-state index in [2.05, 4.69) is 4.98 Å². The van der Waals surface area contributed by atoms with Gasteiger partial charge in [-0.05, 0) is 24.3 Å². The highest BCUT2D eigenvalue weighted by Crippen LogP contribution is 2.31. The summed E-state index contributed by atoms with van der Waals surface area (Å²) in [5.41, 5.74) is 1.46. The molecule has 0 bridgehead atoms. The number of aliphatic hydroxyl groups excluding tert-OH is 1. The van der Waals surface area contributed by atoms with Crippen LogP contribution in [0.3, 0.4) is 0 Å². The molecule has 0 atom stereocenters. The second-order valence-electron chi connectivity index (χ2n) is 4.33. The van der Waals surface area contributed by atoms with Crippen molar-refractivity contribution in [3.8, 4) is 6.07 Å². The van der Waals surface area contributed by atoms with Crippen molar-refractivity contribution in [2.45, 2.75) is 0 Å². The highest BCUT2D eigenvalue weighted by atomic mass is 35.5. The summed E-state index contributed by atoms with van der Waals surface area (Å²) in [6.45, 7) is 0. The lowest BCUT2D eigenvalue weighted by Gasteiger charge is -2.02. The molecule has 0 saturated carbocycles. The second kappa shape index (κ2) is 5.57. The standard InChI is InChI=1S/C16H9ClN2OS/c17-11-5-3-4-10(8-11)15(20)12(9-18)16-19-13-6-1-2-7-14(13)21-16/h1-8,20H. The summed E-state index contributed by atoms with van der Waals surface area (Å²) >= 11 is 7.29. The summed E-state index contributed by atoms with van der Waals surface area (Å²) in [6, 6.07) is 16.4. The fraction of sp³-hybridized carbons (Fsp3) is 0. The Morgan fingerprint density at radius 1 is 1.19 bits per heavy atom. The van der Waals surface area contributed by atoms with Crippen LogP contribution in [0.25, 0.3) is 21.5 Å². The lowest BCUT2D eigenvalue weighted by molar-refractivity contribution is 0.514. The van der Waals surface area contributed by atoms with Crippen molar-refractivity contribution >= 4 is 44.5 Å². The average molecular weight is 313 g/mol. The van der Waals surface area contributed by atoms with Crippen LogP contribution in [0.4, 0.5) is 0 Å². The van der Waals surface area contributed by atoms with E-state index in [1.807, 2.05) is 30.3 Å². The quantitative estimate of drug-likeness (QED) is 0.541. The molecule has 0 fully saturated rings. The van der Waals surface area contributed by atoms with Crippen molar-refractivity contribution in [3.63, 3.8) is 0 Å². The Morgan fingerprint density at radius 2 is 2.00 bits per heavy atom. The van der Waals surface area contributed by atoms with E-state index in [-0.39, 0.29) is 11.3 Å². The summed E-state index contributed by atoms with van der Waals surface area (Å²) in [5, 5.41) is 20.7. The first kappa shape index (κ1) is 13.6. The van der Waals surface area contributed by atoms with Crippen molar-refractivity contribution in [1.29, 1.82) is 5.26 Å². The van der Waals surface area contributed by atoms with Crippen LogP contribution < -0.4 is 0 Å². The number of hydrogen-bond acceptors (Lipinski definition) is 4. The SMILES string of the molecule is N#CC(=C(O)c1cccc(Cl)c1)c1nc2ccccc2s1. The fourth-order valence-corrected chi connectivity index (χ4v) is 3.11. The van der Waals surface area contributed by atoms with Crippen molar-refractivity contribution in [2.75, 3.05) is 0 Å². The van der Waals surface area contributed by atoms with E-state index in [0.717, 1.165) is 10.2 Å². The molecule has 0 aliphatic rings. The molecule has 5 heteroatoms. The zero-order chi connectivity index (χ0) is 14.8. The van der Waals surface area contributed by atoms with Gasteiger partial charge in [0, 0.05) is 10.6 Å². The molecule has 0 saturated heterocycles. The van der Waals surface area contributed by atoms with E-state index in [9.17, 15) is 10.4 Å². The van der Waals surface area contributed by atoms with Gasteiger partial charge in [0.15, 0.2) is 0 Å². The van der Waals surface area contributed by atoms with Crippen LogP contribution in [0.15, 0.2) is 48.5 Å². The number of rotatable bonds is 2. The van der Waals surface area contributed by atoms with Crippen LogP contribution in [0.1, 0.15) is 10.6 Å². The van der Waals surface area contributed by atoms with Gasteiger partial charge in [0.1, 0.15) is 22.4 Å². The second-order valence-corrected chi connectivity index (χ2v) is 5.80. The van der Waals surface area contributed by atoms with E-state index in [0.29, 0.717) is 15.6 Å². The molecule has 1 aromatic heterocycles. The zero-order valence-electron chi connectivity index (χ0n) is 10.7. The number of hydrogen-bond donors (Lipinski definition) is 1. The number of halogens is 1. The molecule has 21 heavy (non-hydrogen) atoms. The van der Waals surface area contributed by atoms with Gasteiger partial charge in [0.05, 0.1) is 10.2 Å². The highest BCUT2D eigenvalue weighted by molar-refractivity contribution is 7.19. The minimum atomic E-state index is -0.112. The molecule has 2 aromatic carbocycles. The molecule has 0 amide bonds. The summed E-state index contributed by atoms with van der Waals surface area (Å²) in [6.07, 6.45) is 0.